The maximum Gasteiger partial charge on any atom is 0.342 e. The van der Waals surface area contributed by atoms with Crippen LogP contribution >= 0.6 is 0 Å². The number of nitrogens with zero attached hydrogens (tertiary/aromatic N) is 2. The molecule has 0 aliphatic carbocycles. The summed E-state index contributed by atoms with van der Waals surface area (Å²) >= 11 is 0. The van der Waals surface area contributed by atoms with Gasteiger partial charge in [0.15, 0.2) is 0 Å². The first-order chi connectivity index (χ1) is 9.20. The van der Waals surface area contributed by atoms with Gasteiger partial charge in [0, 0.05) is 19.2 Å². The van der Waals surface area contributed by atoms with E-state index < -0.39 is 32.2 Å². The Labute approximate surface area is 114 Å². The second-order valence-electron chi connectivity index (χ2n) is 3.74. The lowest BCUT2D eigenvalue weighted by Crippen LogP contribution is -2.27. The number of anilines is 1. The van der Waals surface area contributed by atoms with E-state index in [2.05, 4.69) is 15.0 Å². The number of aromatic nitrogens is 1. The molecule has 1 rings (SSSR count). The largest absolute Gasteiger partial charge is 0.477 e. The van der Waals surface area contributed by atoms with Crippen LogP contribution in [0.1, 0.15) is 10.4 Å². The minimum Gasteiger partial charge on any atom is -0.477 e. The van der Waals surface area contributed by atoms with Gasteiger partial charge in [-0.05, 0) is 0 Å². The van der Waals surface area contributed by atoms with Gasteiger partial charge >= 0.3 is 11.7 Å². The fourth-order valence-corrected chi connectivity index (χ4v) is 1.76. The summed E-state index contributed by atoms with van der Waals surface area (Å²) in [4.78, 5) is 24.3. The fourth-order valence-electron chi connectivity index (χ4n) is 1.29. The van der Waals surface area contributed by atoms with Gasteiger partial charge in [-0.1, -0.05) is 0 Å². The van der Waals surface area contributed by atoms with Crippen molar-refractivity contribution >= 4 is 27.5 Å². The third kappa shape index (κ3) is 4.78. The first kappa shape index (κ1) is 15.8. The second kappa shape index (κ2) is 6.25. The van der Waals surface area contributed by atoms with Crippen molar-refractivity contribution in [3.8, 4) is 0 Å². The van der Waals surface area contributed by atoms with Gasteiger partial charge in [0.2, 0.25) is 10.0 Å². The van der Waals surface area contributed by atoms with Crippen molar-refractivity contribution in [3.05, 3.63) is 27.9 Å². The van der Waals surface area contributed by atoms with E-state index in [0.717, 1.165) is 18.5 Å². The van der Waals surface area contributed by atoms with E-state index in [1.807, 2.05) is 0 Å². The van der Waals surface area contributed by atoms with Crippen molar-refractivity contribution in [2.75, 3.05) is 24.7 Å². The summed E-state index contributed by atoms with van der Waals surface area (Å²) in [5.74, 6) is -1.35. The summed E-state index contributed by atoms with van der Waals surface area (Å²) in [6.45, 7) is 0.219. The second-order valence-corrected chi connectivity index (χ2v) is 5.58. The lowest BCUT2D eigenvalue weighted by atomic mass is 10.2. The van der Waals surface area contributed by atoms with Crippen LogP contribution in [0.3, 0.4) is 0 Å². The minimum atomic E-state index is -3.31. The van der Waals surface area contributed by atoms with Gasteiger partial charge in [-0.2, -0.15) is 0 Å². The average Bonchev–Trinajstić information content (AvgIpc) is 2.33. The number of carboxylic acids is 1. The predicted octanol–water partition coefficient (Wildman–Crippen LogP) is -0.351. The van der Waals surface area contributed by atoms with Crippen molar-refractivity contribution in [1.82, 2.24) is 9.71 Å². The van der Waals surface area contributed by atoms with Crippen LogP contribution in [0.15, 0.2) is 12.3 Å². The molecule has 3 N–H and O–H groups in total. The number of pyridine rings is 1. The molecule has 110 valence electrons. The maximum absolute atomic E-state index is 10.9. The molecule has 1 aromatic rings. The van der Waals surface area contributed by atoms with Crippen LogP contribution in [0.25, 0.3) is 0 Å². The third-order valence-electron chi connectivity index (χ3n) is 2.11. The number of sulfonamides is 1. The molecule has 0 unspecified atom stereocenters. The summed E-state index contributed by atoms with van der Waals surface area (Å²) in [6, 6.07) is 1.01. The Hall–Kier alpha value is -2.27. The first-order valence-electron chi connectivity index (χ1n) is 5.27. The van der Waals surface area contributed by atoms with Crippen LogP contribution in [0.4, 0.5) is 11.5 Å². The van der Waals surface area contributed by atoms with E-state index in [1.54, 1.807) is 0 Å². The number of nitro groups is 1. The number of aromatic carboxylic acids is 1. The van der Waals surface area contributed by atoms with Crippen LogP contribution in [-0.2, 0) is 10.0 Å². The van der Waals surface area contributed by atoms with Gasteiger partial charge in [-0.25, -0.2) is 22.9 Å². The van der Waals surface area contributed by atoms with Gasteiger partial charge in [0.05, 0.1) is 11.2 Å². The molecule has 0 bridgehead atoms. The first-order valence-corrected chi connectivity index (χ1v) is 7.16. The van der Waals surface area contributed by atoms with Crippen molar-refractivity contribution in [2.45, 2.75) is 0 Å². The van der Waals surface area contributed by atoms with Gasteiger partial charge in [-0.3, -0.25) is 10.1 Å². The third-order valence-corrected chi connectivity index (χ3v) is 2.83. The SMILES string of the molecule is CS(=O)(=O)NCCNc1cc(C(=O)O)c([N+](=O)[O-])cn1. The highest BCUT2D eigenvalue weighted by Crippen LogP contribution is 2.19. The zero-order valence-electron chi connectivity index (χ0n) is 10.4. The van der Waals surface area contributed by atoms with E-state index >= 15 is 0 Å². The Bertz CT molecular complexity index is 629. The van der Waals surface area contributed by atoms with Crippen molar-refractivity contribution in [2.24, 2.45) is 0 Å². The molecule has 0 aliphatic heterocycles. The molecule has 0 fully saturated rings. The average molecular weight is 304 g/mol. The summed E-state index contributed by atoms with van der Waals surface area (Å²) in [6.07, 6.45) is 1.83. The van der Waals surface area contributed by atoms with Crippen molar-refractivity contribution in [1.29, 1.82) is 0 Å². The van der Waals surface area contributed by atoms with Gasteiger partial charge < -0.3 is 10.4 Å². The zero-order valence-corrected chi connectivity index (χ0v) is 11.2. The van der Waals surface area contributed by atoms with Crippen molar-refractivity contribution < 1.29 is 23.2 Å². The molecule has 1 heterocycles. The zero-order chi connectivity index (χ0) is 15.3. The smallest absolute Gasteiger partial charge is 0.342 e. The van der Waals surface area contributed by atoms with E-state index in [4.69, 9.17) is 5.11 Å². The fraction of sp³-hybridized carbons (Fsp3) is 0.333. The molecule has 0 aromatic carbocycles. The van der Waals surface area contributed by atoms with E-state index in [9.17, 15) is 23.3 Å². The van der Waals surface area contributed by atoms with Crippen LogP contribution < -0.4 is 10.0 Å². The van der Waals surface area contributed by atoms with Crippen molar-refractivity contribution in [3.63, 3.8) is 0 Å². The monoisotopic (exact) mass is 304 g/mol. The Morgan fingerprint density at radius 1 is 1.50 bits per heavy atom. The summed E-state index contributed by atoms with van der Waals surface area (Å²) in [5, 5.41) is 22.1. The molecule has 0 atom stereocenters. The number of rotatable bonds is 7. The van der Waals surface area contributed by atoms with Crippen LogP contribution in [-0.4, -0.2) is 48.7 Å². The predicted molar refractivity (Wildman–Crippen MR) is 69.2 cm³/mol. The number of carboxylic acid groups (broad SMARTS) is 1. The van der Waals surface area contributed by atoms with E-state index in [0.29, 0.717) is 0 Å². The molecule has 10 nitrogen and oxygen atoms in total. The van der Waals surface area contributed by atoms with E-state index in [-0.39, 0.29) is 18.9 Å². The standard InChI is InChI=1S/C9H12N4O6S/c1-20(18,19)12-3-2-10-8-4-6(9(14)15)7(5-11-8)13(16)17/h4-5,12H,2-3H2,1H3,(H,10,11)(H,14,15). The van der Waals surface area contributed by atoms with Crippen LogP contribution in [0.2, 0.25) is 0 Å². The highest BCUT2D eigenvalue weighted by atomic mass is 32.2. The maximum atomic E-state index is 10.9. The van der Waals surface area contributed by atoms with Gasteiger partial charge in [0.25, 0.3) is 0 Å². The number of nitrogens with one attached hydrogen (secondary N) is 2. The molecular formula is C9H12N4O6S. The molecule has 0 amide bonds. The molecular weight excluding hydrogens is 292 g/mol. The summed E-state index contributed by atoms with van der Waals surface area (Å²) < 4.78 is 23.8. The Morgan fingerprint density at radius 2 is 2.15 bits per heavy atom. The van der Waals surface area contributed by atoms with E-state index in [1.165, 1.54) is 0 Å². The molecule has 0 spiro atoms. The number of carbonyl (C=O) groups is 1. The molecule has 20 heavy (non-hydrogen) atoms. The highest BCUT2D eigenvalue weighted by molar-refractivity contribution is 7.88. The molecule has 0 saturated heterocycles. The Kier molecular flexibility index (Phi) is 4.94. The minimum absolute atomic E-state index is 0.0694. The molecule has 0 saturated carbocycles. The lowest BCUT2D eigenvalue weighted by molar-refractivity contribution is -0.385. The Morgan fingerprint density at radius 3 is 2.65 bits per heavy atom. The van der Waals surface area contributed by atoms with Gasteiger partial charge in [-0.15, -0.1) is 0 Å². The molecule has 1 aromatic heterocycles. The summed E-state index contributed by atoms with van der Waals surface area (Å²) in [7, 11) is -3.31. The Balaban J connectivity index is 2.75. The molecule has 11 heteroatoms. The molecule has 0 radical (unpaired) electrons. The topological polar surface area (TPSA) is 152 Å². The molecule has 0 aliphatic rings. The van der Waals surface area contributed by atoms with Crippen LogP contribution in [0.5, 0.6) is 0 Å². The number of hydrogen-bond acceptors (Lipinski definition) is 7. The highest BCUT2D eigenvalue weighted by Gasteiger charge is 2.20. The lowest BCUT2D eigenvalue weighted by Gasteiger charge is -2.06. The van der Waals surface area contributed by atoms with Gasteiger partial charge in [0.1, 0.15) is 17.6 Å². The quantitative estimate of drug-likeness (QED) is 0.351. The number of hydrogen-bond donors (Lipinski definition) is 3. The van der Waals surface area contributed by atoms with Crippen LogP contribution in [0, 0.1) is 10.1 Å². The summed E-state index contributed by atoms with van der Waals surface area (Å²) in [5.41, 5.74) is -1.11. The normalized spacial score (nSPS) is 11.1.